The highest BCUT2D eigenvalue weighted by atomic mass is 35.7. The highest BCUT2D eigenvalue weighted by molar-refractivity contribution is 8.14. The molecule has 2 rings (SSSR count). The molecule has 0 aromatic heterocycles. The average Bonchev–Trinajstić information content (AvgIpc) is 2.70. The summed E-state index contributed by atoms with van der Waals surface area (Å²) in [7, 11) is 1.36. The summed E-state index contributed by atoms with van der Waals surface area (Å²) < 4.78 is 35.7. The van der Waals surface area contributed by atoms with Crippen LogP contribution in [0.15, 0.2) is 18.2 Å². The van der Waals surface area contributed by atoms with Crippen molar-refractivity contribution in [3.05, 3.63) is 29.6 Å². The molecular formula is C11H8ClFN2O3S. The summed E-state index contributed by atoms with van der Waals surface area (Å²) in [4.78, 5) is 12.9. The van der Waals surface area contributed by atoms with Gasteiger partial charge < -0.3 is 4.90 Å². The molecular weight excluding hydrogens is 295 g/mol. The van der Waals surface area contributed by atoms with E-state index in [9.17, 15) is 17.6 Å². The van der Waals surface area contributed by atoms with Crippen molar-refractivity contribution in [2.45, 2.75) is 11.7 Å². The van der Waals surface area contributed by atoms with E-state index >= 15 is 0 Å². The Labute approximate surface area is 113 Å². The SMILES string of the molecule is N#Cc1cc(F)cc(N2CC(S(=O)(=O)Cl)CC2=O)c1. The second-order valence-electron chi connectivity index (χ2n) is 4.12. The maximum Gasteiger partial charge on any atom is 0.237 e. The number of hydrogen-bond donors (Lipinski definition) is 0. The van der Waals surface area contributed by atoms with E-state index in [4.69, 9.17) is 15.9 Å². The Morgan fingerprint density at radius 2 is 2.11 bits per heavy atom. The number of hydrogen-bond acceptors (Lipinski definition) is 4. The number of benzene rings is 1. The molecule has 0 radical (unpaired) electrons. The van der Waals surface area contributed by atoms with E-state index in [2.05, 4.69) is 0 Å². The fourth-order valence-electron chi connectivity index (χ4n) is 1.91. The van der Waals surface area contributed by atoms with Gasteiger partial charge in [-0.1, -0.05) is 0 Å². The molecule has 1 aliphatic rings. The highest BCUT2D eigenvalue weighted by Gasteiger charge is 2.38. The van der Waals surface area contributed by atoms with Crippen molar-refractivity contribution in [1.29, 1.82) is 5.26 Å². The van der Waals surface area contributed by atoms with Gasteiger partial charge in [0.2, 0.25) is 15.0 Å². The lowest BCUT2D eigenvalue weighted by Crippen LogP contribution is -2.26. The Kier molecular flexibility index (Phi) is 3.47. The zero-order valence-electron chi connectivity index (χ0n) is 9.51. The predicted molar refractivity (Wildman–Crippen MR) is 66.6 cm³/mol. The Bertz CT molecular complexity index is 684. The zero-order chi connectivity index (χ0) is 14.2. The topological polar surface area (TPSA) is 78.2 Å². The van der Waals surface area contributed by atoms with Gasteiger partial charge in [0.15, 0.2) is 0 Å². The second-order valence-corrected chi connectivity index (χ2v) is 7.02. The lowest BCUT2D eigenvalue weighted by Gasteiger charge is -2.16. The Morgan fingerprint density at radius 3 is 2.63 bits per heavy atom. The fraction of sp³-hybridized carbons (Fsp3) is 0.273. The van der Waals surface area contributed by atoms with Crippen LogP contribution in [0.5, 0.6) is 0 Å². The number of nitriles is 1. The van der Waals surface area contributed by atoms with Crippen LogP contribution in [0.25, 0.3) is 0 Å². The van der Waals surface area contributed by atoms with Crippen molar-refractivity contribution in [3.8, 4) is 6.07 Å². The van der Waals surface area contributed by atoms with Crippen molar-refractivity contribution in [1.82, 2.24) is 0 Å². The van der Waals surface area contributed by atoms with Crippen molar-refractivity contribution < 1.29 is 17.6 Å². The minimum absolute atomic E-state index is 0.0555. The standard InChI is InChI=1S/C11H8ClFN2O3S/c12-19(17,18)10-4-11(16)15(6-10)9-2-7(5-14)1-8(13)3-9/h1-3,10H,4,6H2. The number of rotatable bonds is 2. The smallest absolute Gasteiger partial charge is 0.237 e. The molecule has 1 heterocycles. The third kappa shape index (κ3) is 2.85. The van der Waals surface area contributed by atoms with Gasteiger partial charge in [0, 0.05) is 29.3 Å². The predicted octanol–water partition coefficient (Wildman–Crippen LogP) is 1.37. The first-order valence-electron chi connectivity index (χ1n) is 5.26. The van der Waals surface area contributed by atoms with Crippen LogP contribution in [0.2, 0.25) is 0 Å². The fourth-order valence-corrected chi connectivity index (χ4v) is 2.93. The molecule has 100 valence electrons. The van der Waals surface area contributed by atoms with E-state index in [1.54, 1.807) is 6.07 Å². The van der Waals surface area contributed by atoms with E-state index < -0.39 is 26.0 Å². The van der Waals surface area contributed by atoms with Crippen molar-refractivity contribution in [3.63, 3.8) is 0 Å². The molecule has 0 spiro atoms. The summed E-state index contributed by atoms with van der Waals surface area (Å²) >= 11 is 0. The first kappa shape index (κ1) is 13.8. The van der Waals surface area contributed by atoms with Gasteiger partial charge in [0.05, 0.1) is 11.6 Å². The summed E-state index contributed by atoms with van der Waals surface area (Å²) in [5.74, 6) is -1.14. The molecule has 1 aromatic carbocycles. The van der Waals surface area contributed by atoms with Gasteiger partial charge in [0.1, 0.15) is 11.1 Å². The lowest BCUT2D eigenvalue weighted by atomic mass is 10.2. The number of carbonyl (C=O) groups excluding carboxylic acids is 1. The molecule has 1 amide bonds. The Balaban J connectivity index is 2.36. The Morgan fingerprint density at radius 1 is 1.42 bits per heavy atom. The lowest BCUT2D eigenvalue weighted by molar-refractivity contribution is -0.117. The summed E-state index contributed by atoms with van der Waals surface area (Å²) in [6.07, 6.45) is -0.246. The summed E-state index contributed by atoms with van der Waals surface area (Å²) in [6.45, 7) is -0.140. The maximum absolute atomic E-state index is 13.3. The van der Waals surface area contributed by atoms with E-state index in [0.29, 0.717) is 0 Å². The van der Waals surface area contributed by atoms with Gasteiger partial charge in [-0.25, -0.2) is 12.8 Å². The molecule has 0 saturated carbocycles. The van der Waals surface area contributed by atoms with Crippen LogP contribution in [0.1, 0.15) is 12.0 Å². The molecule has 1 atom stereocenters. The normalized spacial score (nSPS) is 19.5. The minimum atomic E-state index is -3.85. The van der Waals surface area contributed by atoms with Crippen LogP contribution in [0.4, 0.5) is 10.1 Å². The zero-order valence-corrected chi connectivity index (χ0v) is 11.1. The molecule has 8 heteroatoms. The average molecular weight is 303 g/mol. The number of anilines is 1. The molecule has 1 aromatic rings. The van der Waals surface area contributed by atoms with E-state index in [-0.39, 0.29) is 24.2 Å². The van der Waals surface area contributed by atoms with Gasteiger partial charge in [-0.05, 0) is 18.2 Å². The van der Waals surface area contributed by atoms with Gasteiger partial charge in [0.25, 0.3) is 0 Å². The third-order valence-electron chi connectivity index (χ3n) is 2.81. The molecule has 19 heavy (non-hydrogen) atoms. The molecule has 0 bridgehead atoms. The summed E-state index contributed by atoms with van der Waals surface area (Å²) in [5, 5.41) is 7.72. The minimum Gasteiger partial charge on any atom is -0.311 e. The number of nitrogens with zero attached hydrogens (tertiary/aromatic N) is 2. The van der Waals surface area contributed by atoms with Gasteiger partial charge in [-0.2, -0.15) is 5.26 Å². The van der Waals surface area contributed by atoms with Gasteiger partial charge in [-0.15, -0.1) is 0 Å². The highest BCUT2D eigenvalue weighted by Crippen LogP contribution is 2.27. The van der Waals surface area contributed by atoms with E-state index in [1.165, 1.54) is 6.07 Å². The van der Waals surface area contributed by atoms with Crippen LogP contribution >= 0.6 is 10.7 Å². The van der Waals surface area contributed by atoms with Crippen LogP contribution in [-0.4, -0.2) is 26.1 Å². The first-order chi connectivity index (χ1) is 8.81. The maximum atomic E-state index is 13.3. The second kappa shape index (κ2) is 4.79. The van der Waals surface area contributed by atoms with Crippen molar-refractivity contribution in [2.75, 3.05) is 11.4 Å². The van der Waals surface area contributed by atoms with Crippen molar-refractivity contribution in [2.24, 2.45) is 0 Å². The Hall–Kier alpha value is -1.65. The van der Waals surface area contributed by atoms with E-state index in [0.717, 1.165) is 17.0 Å². The van der Waals surface area contributed by atoms with Crippen LogP contribution in [0.3, 0.4) is 0 Å². The monoisotopic (exact) mass is 302 g/mol. The quantitative estimate of drug-likeness (QED) is 0.773. The molecule has 5 nitrogen and oxygen atoms in total. The molecule has 1 unspecified atom stereocenters. The van der Waals surface area contributed by atoms with Gasteiger partial charge in [-0.3, -0.25) is 4.79 Å². The molecule has 0 N–H and O–H groups in total. The van der Waals surface area contributed by atoms with Crippen LogP contribution in [-0.2, 0) is 13.8 Å². The third-order valence-corrected chi connectivity index (χ3v) is 4.68. The van der Waals surface area contributed by atoms with Crippen LogP contribution in [0, 0.1) is 17.1 Å². The number of halogens is 2. The number of amides is 1. The van der Waals surface area contributed by atoms with Gasteiger partial charge >= 0.3 is 0 Å². The molecule has 1 aliphatic heterocycles. The van der Waals surface area contributed by atoms with E-state index in [1.807, 2.05) is 0 Å². The molecule has 1 saturated heterocycles. The number of carbonyl (C=O) groups is 1. The molecule has 1 fully saturated rings. The largest absolute Gasteiger partial charge is 0.311 e. The van der Waals surface area contributed by atoms with Crippen LogP contribution < -0.4 is 4.90 Å². The first-order valence-corrected chi connectivity index (χ1v) is 7.63. The summed E-state index contributed by atoms with van der Waals surface area (Å²) in [5.41, 5.74) is 0.212. The summed E-state index contributed by atoms with van der Waals surface area (Å²) in [6, 6.07) is 5.19. The molecule has 0 aliphatic carbocycles. The van der Waals surface area contributed by atoms with Crippen molar-refractivity contribution >= 4 is 31.3 Å².